The Morgan fingerprint density at radius 3 is 2.69 bits per heavy atom. The Labute approximate surface area is 166 Å². The molecule has 1 aliphatic rings. The fraction of sp³-hybridized carbons (Fsp3) is 0.250. The van der Waals surface area contributed by atoms with Gasteiger partial charge < -0.3 is 23.4 Å². The second-order valence-electron chi connectivity index (χ2n) is 6.15. The monoisotopic (exact) mass is 397 g/mol. The summed E-state index contributed by atoms with van der Waals surface area (Å²) in [5.74, 6) is 2.08. The molecule has 1 amide bonds. The molecule has 9 heteroatoms. The normalized spacial score (nSPS) is 12.3. The lowest BCUT2D eigenvalue weighted by Crippen LogP contribution is -2.15. The quantitative estimate of drug-likeness (QED) is 0.677. The second-order valence-corrected chi connectivity index (χ2v) is 6.15. The van der Waals surface area contributed by atoms with E-state index < -0.39 is 5.91 Å². The van der Waals surface area contributed by atoms with Crippen molar-refractivity contribution in [2.24, 2.45) is 0 Å². The largest absolute Gasteiger partial charge is 0.493 e. The zero-order valence-corrected chi connectivity index (χ0v) is 15.9. The summed E-state index contributed by atoms with van der Waals surface area (Å²) >= 11 is 0. The lowest BCUT2D eigenvalue weighted by molar-refractivity contribution is 0.102. The number of nitrogens with one attached hydrogen (secondary N) is 1. The Balaban J connectivity index is 1.46. The number of anilines is 1. The molecule has 1 aromatic heterocycles. The molecule has 29 heavy (non-hydrogen) atoms. The minimum Gasteiger partial charge on any atom is -0.493 e. The van der Waals surface area contributed by atoms with Crippen LogP contribution in [0.1, 0.15) is 21.8 Å². The molecule has 150 valence electrons. The van der Waals surface area contributed by atoms with E-state index in [9.17, 15) is 4.79 Å². The Hall–Kier alpha value is -3.75. The van der Waals surface area contributed by atoms with Crippen LogP contribution in [0.3, 0.4) is 0 Å². The van der Waals surface area contributed by atoms with Crippen LogP contribution >= 0.6 is 0 Å². The van der Waals surface area contributed by atoms with E-state index in [1.165, 1.54) is 14.2 Å². The molecule has 9 nitrogen and oxygen atoms in total. The Morgan fingerprint density at radius 2 is 1.90 bits per heavy atom. The maximum absolute atomic E-state index is 12.6. The summed E-state index contributed by atoms with van der Waals surface area (Å²) in [7, 11) is 2.97. The summed E-state index contributed by atoms with van der Waals surface area (Å²) in [5.41, 5.74) is 1.21. The molecular weight excluding hydrogens is 378 g/mol. The first-order valence-electron chi connectivity index (χ1n) is 8.91. The zero-order chi connectivity index (χ0) is 20.2. The fourth-order valence-corrected chi connectivity index (χ4v) is 2.98. The summed E-state index contributed by atoms with van der Waals surface area (Å²) in [4.78, 5) is 12.6. The van der Waals surface area contributed by atoms with Gasteiger partial charge in [0.15, 0.2) is 23.0 Å². The first kappa shape index (κ1) is 18.6. The van der Waals surface area contributed by atoms with Crippen molar-refractivity contribution >= 4 is 11.9 Å². The highest BCUT2D eigenvalue weighted by Gasteiger charge is 2.19. The lowest BCUT2D eigenvalue weighted by Gasteiger charge is -2.18. The number of fused-ring (bicyclic) bond motifs is 1. The number of rotatable bonds is 6. The molecule has 0 aliphatic carbocycles. The van der Waals surface area contributed by atoms with Crippen LogP contribution in [0.2, 0.25) is 0 Å². The van der Waals surface area contributed by atoms with E-state index in [1.54, 1.807) is 18.2 Å². The van der Waals surface area contributed by atoms with Crippen LogP contribution in [0.4, 0.5) is 6.01 Å². The van der Waals surface area contributed by atoms with Crippen LogP contribution in [0, 0.1) is 0 Å². The topological polar surface area (TPSA) is 105 Å². The Kier molecular flexibility index (Phi) is 5.19. The maximum Gasteiger partial charge on any atom is 0.322 e. The molecule has 1 aliphatic heterocycles. The Morgan fingerprint density at radius 1 is 1.07 bits per heavy atom. The molecule has 1 N–H and O–H groups in total. The summed E-state index contributed by atoms with van der Waals surface area (Å²) in [5, 5.41) is 10.5. The summed E-state index contributed by atoms with van der Waals surface area (Å²) in [6, 6.07) is 10.6. The van der Waals surface area contributed by atoms with Gasteiger partial charge in [0.05, 0.1) is 26.2 Å². The minimum atomic E-state index is -0.449. The fourth-order valence-electron chi connectivity index (χ4n) is 2.98. The van der Waals surface area contributed by atoms with Crippen molar-refractivity contribution in [1.29, 1.82) is 0 Å². The third kappa shape index (κ3) is 3.93. The van der Waals surface area contributed by atoms with Gasteiger partial charge in [0.25, 0.3) is 5.91 Å². The number of nitrogens with zero attached hydrogens (tertiary/aromatic N) is 2. The van der Waals surface area contributed by atoms with E-state index in [1.807, 2.05) is 18.2 Å². The molecule has 0 bridgehead atoms. The van der Waals surface area contributed by atoms with E-state index in [-0.39, 0.29) is 6.01 Å². The van der Waals surface area contributed by atoms with Crippen LogP contribution in [-0.2, 0) is 6.42 Å². The molecule has 4 rings (SSSR count). The second kappa shape index (κ2) is 8.09. The molecule has 0 atom stereocenters. The van der Waals surface area contributed by atoms with Gasteiger partial charge in [0.2, 0.25) is 5.89 Å². The number of carbonyl (C=O) groups is 1. The van der Waals surface area contributed by atoms with Gasteiger partial charge in [-0.05, 0) is 29.8 Å². The number of benzene rings is 2. The number of hydrogen-bond donors (Lipinski definition) is 1. The average molecular weight is 397 g/mol. The predicted octanol–water partition coefficient (Wildman–Crippen LogP) is 2.70. The highest BCUT2D eigenvalue weighted by Crippen LogP contribution is 2.32. The first-order chi connectivity index (χ1) is 14.2. The SMILES string of the molecule is COc1cccc(C(=O)Nc2nnc(Cc3ccc4c(c3)OCCO4)o2)c1OC. The molecule has 0 fully saturated rings. The zero-order valence-electron chi connectivity index (χ0n) is 15.9. The van der Waals surface area contributed by atoms with Crippen molar-refractivity contribution in [3.8, 4) is 23.0 Å². The molecule has 0 saturated heterocycles. The van der Waals surface area contributed by atoms with Gasteiger partial charge in [-0.1, -0.05) is 17.2 Å². The number of ether oxygens (including phenoxy) is 4. The number of carbonyl (C=O) groups excluding carboxylic acids is 1. The van der Waals surface area contributed by atoms with Crippen molar-refractivity contribution in [3.05, 3.63) is 53.4 Å². The summed E-state index contributed by atoms with van der Waals surface area (Å²) < 4.78 is 27.1. The van der Waals surface area contributed by atoms with Crippen LogP contribution < -0.4 is 24.3 Å². The van der Waals surface area contributed by atoms with E-state index in [4.69, 9.17) is 23.4 Å². The van der Waals surface area contributed by atoms with Gasteiger partial charge in [-0.25, -0.2) is 0 Å². The van der Waals surface area contributed by atoms with Crippen molar-refractivity contribution < 1.29 is 28.2 Å². The molecular formula is C20H19N3O6. The van der Waals surface area contributed by atoms with Crippen LogP contribution in [-0.4, -0.2) is 43.5 Å². The maximum atomic E-state index is 12.6. The van der Waals surface area contributed by atoms with Gasteiger partial charge in [0, 0.05) is 0 Å². The molecule has 2 aromatic carbocycles. The standard InChI is InChI=1S/C20H19N3O6/c1-25-15-5-3-4-13(18(15)26-2)19(24)21-20-23-22-17(29-20)11-12-6-7-14-16(10-12)28-9-8-27-14/h3-7,10H,8-9,11H2,1-2H3,(H,21,23,24). The van der Waals surface area contributed by atoms with Gasteiger partial charge in [-0.3, -0.25) is 10.1 Å². The third-order valence-corrected chi connectivity index (χ3v) is 4.30. The van der Waals surface area contributed by atoms with Crippen molar-refractivity contribution in [2.75, 3.05) is 32.8 Å². The lowest BCUT2D eigenvalue weighted by atomic mass is 10.1. The minimum absolute atomic E-state index is 0.00702. The molecule has 3 aromatic rings. The number of methoxy groups -OCH3 is 2. The highest BCUT2D eigenvalue weighted by atomic mass is 16.6. The average Bonchev–Trinajstić information content (AvgIpc) is 3.19. The van der Waals surface area contributed by atoms with Crippen molar-refractivity contribution in [3.63, 3.8) is 0 Å². The molecule has 0 spiro atoms. The number of para-hydroxylation sites is 1. The van der Waals surface area contributed by atoms with Crippen LogP contribution in [0.25, 0.3) is 0 Å². The molecule has 0 radical (unpaired) electrons. The van der Waals surface area contributed by atoms with Gasteiger partial charge in [-0.2, -0.15) is 0 Å². The highest BCUT2D eigenvalue weighted by molar-refractivity contribution is 6.05. The van der Waals surface area contributed by atoms with Gasteiger partial charge >= 0.3 is 6.01 Å². The van der Waals surface area contributed by atoms with Crippen LogP contribution in [0.15, 0.2) is 40.8 Å². The van der Waals surface area contributed by atoms with E-state index in [0.717, 1.165) is 5.56 Å². The summed E-state index contributed by atoms with van der Waals surface area (Å²) in [6.45, 7) is 1.05. The first-order valence-corrected chi connectivity index (χ1v) is 8.91. The van der Waals surface area contributed by atoms with Crippen molar-refractivity contribution in [2.45, 2.75) is 6.42 Å². The number of amides is 1. The van der Waals surface area contributed by atoms with Gasteiger partial charge in [0.1, 0.15) is 13.2 Å². The van der Waals surface area contributed by atoms with E-state index >= 15 is 0 Å². The number of hydrogen-bond acceptors (Lipinski definition) is 8. The predicted molar refractivity (Wildman–Crippen MR) is 102 cm³/mol. The summed E-state index contributed by atoms with van der Waals surface area (Å²) in [6.07, 6.45) is 0.391. The van der Waals surface area contributed by atoms with Crippen molar-refractivity contribution in [1.82, 2.24) is 10.2 Å². The van der Waals surface area contributed by atoms with Crippen LogP contribution in [0.5, 0.6) is 23.0 Å². The number of aromatic nitrogens is 2. The third-order valence-electron chi connectivity index (χ3n) is 4.30. The smallest absolute Gasteiger partial charge is 0.322 e. The molecule has 2 heterocycles. The van der Waals surface area contributed by atoms with E-state index in [2.05, 4.69) is 15.5 Å². The molecule has 0 saturated carbocycles. The van der Waals surface area contributed by atoms with Gasteiger partial charge in [-0.15, -0.1) is 5.10 Å². The van der Waals surface area contributed by atoms with E-state index in [0.29, 0.717) is 54.1 Å². The molecule has 0 unspecified atom stereocenters. The Bertz CT molecular complexity index is 1030.